The molecular weight excluding hydrogens is 325 g/mol. The van der Waals surface area contributed by atoms with Gasteiger partial charge in [-0.05, 0) is 30.3 Å². The maximum Gasteiger partial charge on any atom is 0.257 e. The first-order chi connectivity index (χ1) is 10.6. The van der Waals surface area contributed by atoms with Crippen LogP contribution in [-0.4, -0.2) is 25.7 Å². The number of hydrogen-bond donors (Lipinski definition) is 1. The van der Waals surface area contributed by atoms with E-state index in [1.807, 2.05) is 0 Å². The van der Waals surface area contributed by atoms with Crippen LogP contribution < -0.4 is 5.32 Å². The number of nitrogens with zero attached hydrogens (tertiary/aromatic N) is 4. The minimum absolute atomic E-state index is 0.322. The number of pyridine rings is 1. The lowest BCUT2D eigenvalue weighted by Crippen LogP contribution is -2.14. The highest BCUT2D eigenvalue weighted by molar-refractivity contribution is 6.31. The van der Waals surface area contributed by atoms with Crippen LogP contribution >= 0.6 is 23.2 Å². The molecule has 0 saturated heterocycles. The van der Waals surface area contributed by atoms with Crippen LogP contribution in [-0.2, 0) is 0 Å². The number of halogens is 2. The van der Waals surface area contributed by atoms with Crippen molar-refractivity contribution in [3.63, 3.8) is 0 Å². The molecule has 0 aliphatic heterocycles. The molecule has 3 aromatic rings. The van der Waals surface area contributed by atoms with Gasteiger partial charge in [-0.2, -0.15) is 5.10 Å². The van der Waals surface area contributed by atoms with Crippen molar-refractivity contribution in [2.45, 2.75) is 0 Å². The van der Waals surface area contributed by atoms with Crippen LogP contribution in [0.3, 0.4) is 0 Å². The molecule has 0 aliphatic carbocycles. The van der Waals surface area contributed by atoms with E-state index in [-0.39, 0.29) is 5.91 Å². The molecule has 6 nitrogen and oxygen atoms in total. The maximum atomic E-state index is 12.3. The monoisotopic (exact) mass is 333 g/mol. The number of carbonyl (C=O) groups is 1. The minimum Gasteiger partial charge on any atom is -0.320 e. The molecule has 0 atom stereocenters. The Bertz CT molecular complexity index is 803. The van der Waals surface area contributed by atoms with Gasteiger partial charge < -0.3 is 5.32 Å². The molecule has 3 rings (SSSR count). The van der Waals surface area contributed by atoms with Gasteiger partial charge in [0.1, 0.15) is 17.8 Å². The number of amides is 1. The van der Waals surface area contributed by atoms with Gasteiger partial charge in [-0.3, -0.25) is 4.79 Å². The van der Waals surface area contributed by atoms with E-state index in [0.717, 1.165) is 0 Å². The number of carbonyl (C=O) groups excluding carboxylic acids is 1. The van der Waals surface area contributed by atoms with E-state index in [4.69, 9.17) is 23.2 Å². The molecule has 1 aromatic carbocycles. The Morgan fingerprint density at radius 3 is 2.73 bits per heavy atom. The van der Waals surface area contributed by atoms with Gasteiger partial charge >= 0.3 is 0 Å². The molecule has 0 bridgehead atoms. The normalized spacial score (nSPS) is 10.5. The second-order valence-electron chi connectivity index (χ2n) is 4.33. The first kappa shape index (κ1) is 14.5. The number of anilines is 1. The van der Waals surface area contributed by atoms with Gasteiger partial charge in [-0.1, -0.05) is 23.2 Å². The predicted octanol–water partition coefficient (Wildman–Crippen LogP) is 3.22. The first-order valence-electron chi connectivity index (χ1n) is 6.21. The fraction of sp³-hybridized carbons (Fsp3) is 0. The van der Waals surface area contributed by atoms with Gasteiger partial charge in [0.05, 0.1) is 16.9 Å². The summed E-state index contributed by atoms with van der Waals surface area (Å²) in [5.41, 5.74) is 1.55. The molecule has 0 unspecified atom stereocenters. The second-order valence-corrected chi connectivity index (χ2v) is 5.15. The molecule has 0 spiro atoms. The SMILES string of the molecule is O=C(Nc1cc(Cl)ccc1-n1cncn1)c1ccc(Cl)nc1. The summed E-state index contributed by atoms with van der Waals surface area (Å²) < 4.78 is 1.53. The number of aromatic nitrogens is 4. The number of rotatable bonds is 3. The average molecular weight is 334 g/mol. The van der Waals surface area contributed by atoms with Crippen molar-refractivity contribution in [2.24, 2.45) is 0 Å². The summed E-state index contributed by atoms with van der Waals surface area (Å²) in [5, 5.41) is 7.65. The van der Waals surface area contributed by atoms with E-state index in [9.17, 15) is 4.79 Å². The Hall–Kier alpha value is -2.44. The van der Waals surface area contributed by atoms with Crippen molar-refractivity contribution in [3.8, 4) is 5.69 Å². The van der Waals surface area contributed by atoms with E-state index >= 15 is 0 Å². The van der Waals surface area contributed by atoms with Crippen molar-refractivity contribution in [2.75, 3.05) is 5.32 Å². The maximum absolute atomic E-state index is 12.3. The number of benzene rings is 1. The topological polar surface area (TPSA) is 72.7 Å². The summed E-state index contributed by atoms with van der Waals surface area (Å²) in [6, 6.07) is 8.22. The van der Waals surface area contributed by atoms with E-state index in [2.05, 4.69) is 20.4 Å². The molecule has 22 heavy (non-hydrogen) atoms. The van der Waals surface area contributed by atoms with Gasteiger partial charge in [0.2, 0.25) is 0 Å². The highest BCUT2D eigenvalue weighted by Gasteiger charge is 2.12. The van der Waals surface area contributed by atoms with Crippen LogP contribution in [0.1, 0.15) is 10.4 Å². The van der Waals surface area contributed by atoms with E-state index < -0.39 is 0 Å². The molecule has 0 radical (unpaired) electrons. The van der Waals surface area contributed by atoms with Gasteiger partial charge in [0.25, 0.3) is 5.91 Å². The van der Waals surface area contributed by atoms with Crippen LogP contribution in [0.5, 0.6) is 0 Å². The third kappa shape index (κ3) is 3.08. The van der Waals surface area contributed by atoms with Crippen LogP contribution in [0, 0.1) is 0 Å². The summed E-state index contributed by atoms with van der Waals surface area (Å²) in [5.74, 6) is -0.326. The molecule has 0 fully saturated rings. The third-order valence-electron chi connectivity index (χ3n) is 2.86. The van der Waals surface area contributed by atoms with Crippen molar-refractivity contribution in [3.05, 3.63) is 64.9 Å². The van der Waals surface area contributed by atoms with Crippen molar-refractivity contribution >= 4 is 34.8 Å². The summed E-state index contributed by atoms with van der Waals surface area (Å²) in [6.07, 6.45) is 4.34. The lowest BCUT2D eigenvalue weighted by atomic mass is 10.2. The molecule has 110 valence electrons. The zero-order chi connectivity index (χ0) is 15.5. The summed E-state index contributed by atoms with van der Waals surface area (Å²) in [7, 11) is 0. The van der Waals surface area contributed by atoms with Crippen molar-refractivity contribution in [1.29, 1.82) is 0 Å². The smallest absolute Gasteiger partial charge is 0.257 e. The van der Waals surface area contributed by atoms with Gasteiger partial charge in [-0.25, -0.2) is 14.6 Å². The Morgan fingerprint density at radius 2 is 2.05 bits per heavy atom. The minimum atomic E-state index is -0.326. The lowest BCUT2D eigenvalue weighted by Gasteiger charge is -2.11. The van der Waals surface area contributed by atoms with Gasteiger partial charge in [-0.15, -0.1) is 0 Å². The van der Waals surface area contributed by atoms with Crippen molar-refractivity contribution < 1.29 is 4.79 Å². The number of hydrogen-bond acceptors (Lipinski definition) is 4. The zero-order valence-electron chi connectivity index (χ0n) is 11.1. The second kappa shape index (κ2) is 6.13. The highest BCUT2D eigenvalue weighted by Crippen LogP contribution is 2.24. The summed E-state index contributed by atoms with van der Waals surface area (Å²) in [4.78, 5) is 20.0. The molecule has 1 N–H and O–H groups in total. The van der Waals surface area contributed by atoms with E-state index in [1.165, 1.54) is 23.5 Å². The van der Waals surface area contributed by atoms with Gasteiger partial charge in [0.15, 0.2) is 0 Å². The largest absolute Gasteiger partial charge is 0.320 e. The molecule has 2 heterocycles. The molecule has 1 amide bonds. The van der Waals surface area contributed by atoms with E-state index in [0.29, 0.717) is 27.1 Å². The van der Waals surface area contributed by atoms with Crippen LogP contribution in [0.4, 0.5) is 5.69 Å². The Kier molecular flexibility index (Phi) is 4.04. The summed E-state index contributed by atoms with van der Waals surface area (Å²) in [6.45, 7) is 0. The Morgan fingerprint density at radius 1 is 1.18 bits per heavy atom. The average Bonchev–Trinajstić information content (AvgIpc) is 3.02. The van der Waals surface area contributed by atoms with Crippen LogP contribution in [0.15, 0.2) is 49.2 Å². The standard InChI is InChI=1S/C14H9Cl2N5O/c15-10-2-3-12(21-8-17-7-19-21)11(5-10)20-14(22)9-1-4-13(16)18-6-9/h1-8H,(H,20,22). The lowest BCUT2D eigenvalue weighted by molar-refractivity contribution is 0.102. The quantitative estimate of drug-likeness (QED) is 0.747. The van der Waals surface area contributed by atoms with Gasteiger partial charge in [0, 0.05) is 11.2 Å². The highest BCUT2D eigenvalue weighted by atomic mass is 35.5. The molecule has 0 aliphatic rings. The Balaban J connectivity index is 1.93. The third-order valence-corrected chi connectivity index (χ3v) is 3.32. The predicted molar refractivity (Wildman–Crippen MR) is 83.6 cm³/mol. The molecule has 0 saturated carbocycles. The zero-order valence-corrected chi connectivity index (χ0v) is 12.6. The summed E-state index contributed by atoms with van der Waals surface area (Å²) >= 11 is 11.7. The van der Waals surface area contributed by atoms with E-state index in [1.54, 1.807) is 30.3 Å². The Labute approximate surface area is 135 Å². The fourth-order valence-electron chi connectivity index (χ4n) is 1.85. The van der Waals surface area contributed by atoms with Crippen molar-refractivity contribution in [1.82, 2.24) is 19.7 Å². The molecule has 2 aromatic heterocycles. The van der Waals surface area contributed by atoms with Crippen LogP contribution in [0.25, 0.3) is 5.69 Å². The fourth-order valence-corrected chi connectivity index (χ4v) is 2.13. The van der Waals surface area contributed by atoms with Crippen LogP contribution in [0.2, 0.25) is 10.2 Å². The first-order valence-corrected chi connectivity index (χ1v) is 6.96. The molecule has 8 heteroatoms. The molecular formula is C14H9Cl2N5O. The number of nitrogens with one attached hydrogen (secondary N) is 1.